The van der Waals surface area contributed by atoms with Gasteiger partial charge >= 0.3 is 11.9 Å². The molecule has 0 aliphatic heterocycles. The average molecular weight is 314 g/mol. The Labute approximate surface area is 135 Å². The van der Waals surface area contributed by atoms with E-state index in [1.807, 2.05) is 20.8 Å². The van der Waals surface area contributed by atoms with E-state index in [1.54, 1.807) is 6.92 Å². The van der Waals surface area contributed by atoms with Crippen LogP contribution in [0.4, 0.5) is 0 Å². The fourth-order valence-corrected chi connectivity index (χ4v) is 3.52. The fourth-order valence-electron chi connectivity index (χ4n) is 3.52. The van der Waals surface area contributed by atoms with Crippen molar-refractivity contribution in [1.29, 1.82) is 0 Å². The number of carboxylic acid groups (broad SMARTS) is 2. The quantitative estimate of drug-likeness (QED) is 0.463. The van der Waals surface area contributed by atoms with E-state index in [2.05, 4.69) is 0 Å². The SMILES string of the molecule is CCCC(C)(CCCCC(CCC)(CCC)C(=O)O)C(=O)O. The molecule has 0 aliphatic carbocycles. The largest absolute Gasteiger partial charge is 0.481 e. The second kappa shape index (κ2) is 9.86. The van der Waals surface area contributed by atoms with Crippen LogP contribution in [0, 0.1) is 10.8 Å². The number of hydrogen-bond acceptors (Lipinski definition) is 2. The van der Waals surface area contributed by atoms with E-state index in [-0.39, 0.29) is 0 Å². The molecule has 4 heteroatoms. The Morgan fingerprint density at radius 2 is 1.18 bits per heavy atom. The maximum Gasteiger partial charge on any atom is 0.309 e. The van der Waals surface area contributed by atoms with Gasteiger partial charge in [0.15, 0.2) is 0 Å². The van der Waals surface area contributed by atoms with Gasteiger partial charge in [-0.15, -0.1) is 0 Å². The fraction of sp³-hybridized carbons (Fsp3) is 0.889. The van der Waals surface area contributed by atoms with Crippen molar-refractivity contribution < 1.29 is 19.8 Å². The number of rotatable bonds is 13. The normalized spacial score (nSPS) is 14.5. The zero-order chi connectivity index (χ0) is 17.2. The molecule has 0 aromatic rings. The summed E-state index contributed by atoms with van der Waals surface area (Å²) in [7, 11) is 0. The summed E-state index contributed by atoms with van der Waals surface area (Å²) in [6.45, 7) is 7.85. The lowest BCUT2D eigenvalue weighted by Crippen LogP contribution is -2.31. The van der Waals surface area contributed by atoms with Gasteiger partial charge in [0.05, 0.1) is 10.8 Å². The van der Waals surface area contributed by atoms with Crippen molar-refractivity contribution in [1.82, 2.24) is 0 Å². The van der Waals surface area contributed by atoms with Crippen molar-refractivity contribution in [2.24, 2.45) is 10.8 Å². The third-order valence-corrected chi connectivity index (χ3v) is 4.86. The lowest BCUT2D eigenvalue weighted by Gasteiger charge is -2.30. The molecule has 0 aliphatic rings. The minimum Gasteiger partial charge on any atom is -0.481 e. The summed E-state index contributed by atoms with van der Waals surface area (Å²) in [5, 5.41) is 19.0. The summed E-state index contributed by atoms with van der Waals surface area (Å²) in [6, 6.07) is 0. The van der Waals surface area contributed by atoms with Crippen LogP contribution in [0.3, 0.4) is 0 Å². The molecular formula is C18H34O4. The standard InChI is InChI=1S/C18H34O4/c1-5-10-17(4,15(19)20)13-8-9-14-18(11-6-2,12-7-3)16(21)22/h5-14H2,1-4H3,(H,19,20)(H,21,22). The maximum atomic E-state index is 11.7. The Morgan fingerprint density at radius 3 is 1.55 bits per heavy atom. The second-order valence-corrected chi connectivity index (χ2v) is 6.91. The molecule has 0 amide bonds. The Morgan fingerprint density at radius 1 is 0.727 bits per heavy atom. The van der Waals surface area contributed by atoms with E-state index < -0.39 is 22.8 Å². The van der Waals surface area contributed by atoms with Gasteiger partial charge in [-0.25, -0.2) is 0 Å². The molecule has 4 nitrogen and oxygen atoms in total. The van der Waals surface area contributed by atoms with E-state index in [9.17, 15) is 19.8 Å². The molecule has 0 spiro atoms. The zero-order valence-electron chi connectivity index (χ0n) is 14.8. The van der Waals surface area contributed by atoms with Gasteiger partial charge in [-0.3, -0.25) is 9.59 Å². The van der Waals surface area contributed by atoms with Crippen molar-refractivity contribution >= 4 is 11.9 Å². The summed E-state index contributed by atoms with van der Waals surface area (Å²) >= 11 is 0. The lowest BCUT2D eigenvalue weighted by atomic mass is 9.74. The molecule has 0 saturated heterocycles. The predicted molar refractivity (Wildman–Crippen MR) is 89.0 cm³/mol. The highest BCUT2D eigenvalue weighted by molar-refractivity contribution is 5.74. The van der Waals surface area contributed by atoms with Crippen LogP contribution in [0.5, 0.6) is 0 Å². The molecule has 1 unspecified atom stereocenters. The molecule has 0 saturated carbocycles. The number of carboxylic acids is 2. The lowest BCUT2D eigenvalue weighted by molar-refractivity contribution is -0.151. The number of hydrogen-bond donors (Lipinski definition) is 2. The molecule has 130 valence electrons. The highest BCUT2D eigenvalue weighted by Crippen LogP contribution is 2.37. The van der Waals surface area contributed by atoms with Crippen LogP contribution < -0.4 is 0 Å². The van der Waals surface area contributed by atoms with Gasteiger partial charge in [-0.1, -0.05) is 52.9 Å². The summed E-state index contributed by atoms with van der Waals surface area (Å²) in [5.41, 5.74) is -1.29. The average Bonchev–Trinajstić information content (AvgIpc) is 2.43. The number of unbranched alkanes of at least 4 members (excludes halogenated alkanes) is 1. The Kier molecular flexibility index (Phi) is 9.38. The van der Waals surface area contributed by atoms with E-state index >= 15 is 0 Å². The van der Waals surface area contributed by atoms with Crippen molar-refractivity contribution in [3.8, 4) is 0 Å². The molecule has 0 bridgehead atoms. The van der Waals surface area contributed by atoms with E-state index in [0.717, 1.165) is 32.1 Å². The molecular weight excluding hydrogens is 280 g/mol. The van der Waals surface area contributed by atoms with E-state index in [0.29, 0.717) is 32.1 Å². The van der Waals surface area contributed by atoms with Crippen LogP contribution in [0.1, 0.15) is 91.9 Å². The van der Waals surface area contributed by atoms with E-state index in [4.69, 9.17) is 0 Å². The molecule has 0 fully saturated rings. The highest BCUT2D eigenvalue weighted by Gasteiger charge is 2.37. The minimum absolute atomic E-state index is 0.617. The summed E-state index contributed by atoms with van der Waals surface area (Å²) in [5.74, 6) is -1.42. The molecule has 1 atom stereocenters. The Hall–Kier alpha value is -1.06. The van der Waals surface area contributed by atoms with Crippen molar-refractivity contribution in [3.63, 3.8) is 0 Å². The first kappa shape index (κ1) is 20.9. The topological polar surface area (TPSA) is 74.6 Å². The molecule has 22 heavy (non-hydrogen) atoms. The third kappa shape index (κ3) is 5.98. The van der Waals surface area contributed by atoms with E-state index in [1.165, 1.54) is 0 Å². The number of aliphatic carboxylic acids is 2. The zero-order valence-corrected chi connectivity index (χ0v) is 14.8. The first-order valence-corrected chi connectivity index (χ1v) is 8.74. The smallest absolute Gasteiger partial charge is 0.309 e. The number of carbonyl (C=O) groups is 2. The Balaban J connectivity index is 4.62. The van der Waals surface area contributed by atoms with Gasteiger partial charge in [0.25, 0.3) is 0 Å². The van der Waals surface area contributed by atoms with Crippen LogP contribution in [0.2, 0.25) is 0 Å². The molecule has 0 radical (unpaired) electrons. The van der Waals surface area contributed by atoms with Crippen LogP contribution in [-0.4, -0.2) is 22.2 Å². The highest BCUT2D eigenvalue weighted by atomic mass is 16.4. The summed E-state index contributed by atoms with van der Waals surface area (Å²) in [4.78, 5) is 23.1. The van der Waals surface area contributed by atoms with Crippen molar-refractivity contribution in [2.45, 2.75) is 91.9 Å². The van der Waals surface area contributed by atoms with Gasteiger partial charge in [0, 0.05) is 0 Å². The van der Waals surface area contributed by atoms with Crippen LogP contribution >= 0.6 is 0 Å². The Bertz CT molecular complexity index is 345. The van der Waals surface area contributed by atoms with Crippen LogP contribution in [0.25, 0.3) is 0 Å². The first-order valence-electron chi connectivity index (χ1n) is 8.74. The molecule has 0 aromatic carbocycles. The monoisotopic (exact) mass is 314 g/mol. The van der Waals surface area contributed by atoms with Crippen molar-refractivity contribution in [2.75, 3.05) is 0 Å². The third-order valence-electron chi connectivity index (χ3n) is 4.86. The van der Waals surface area contributed by atoms with Gasteiger partial charge < -0.3 is 10.2 Å². The summed E-state index contributed by atoms with van der Waals surface area (Å²) in [6.07, 6.45) is 7.55. The maximum absolute atomic E-state index is 11.7. The molecule has 0 rings (SSSR count). The minimum atomic E-state index is -0.735. The first-order chi connectivity index (χ1) is 10.3. The van der Waals surface area contributed by atoms with Crippen LogP contribution in [-0.2, 0) is 9.59 Å². The molecule has 0 heterocycles. The van der Waals surface area contributed by atoms with Gasteiger partial charge in [-0.2, -0.15) is 0 Å². The molecule has 2 N–H and O–H groups in total. The summed E-state index contributed by atoms with van der Waals surface area (Å²) < 4.78 is 0. The van der Waals surface area contributed by atoms with Gasteiger partial charge in [0.1, 0.15) is 0 Å². The molecule has 0 aromatic heterocycles. The van der Waals surface area contributed by atoms with Crippen molar-refractivity contribution in [3.05, 3.63) is 0 Å². The predicted octanol–water partition coefficient (Wildman–Crippen LogP) is 5.11. The second-order valence-electron chi connectivity index (χ2n) is 6.91. The van der Waals surface area contributed by atoms with Gasteiger partial charge in [0.2, 0.25) is 0 Å². The van der Waals surface area contributed by atoms with Gasteiger partial charge in [-0.05, 0) is 39.0 Å². The van der Waals surface area contributed by atoms with Crippen LogP contribution in [0.15, 0.2) is 0 Å².